The lowest BCUT2D eigenvalue weighted by Crippen LogP contribution is -1.83. The Labute approximate surface area is 95.9 Å². The lowest BCUT2D eigenvalue weighted by molar-refractivity contribution is 0.433. The van der Waals surface area contributed by atoms with E-state index in [1.54, 1.807) is 0 Å². The highest BCUT2D eigenvalue weighted by molar-refractivity contribution is 6.30. The van der Waals surface area contributed by atoms with Gasteiger partial charge in [0.25, 0.3) is 0 Å². The van der Waals surface area contributed by atoms with Crippen LogP contribution < -0.4 is 0 Å². The topological polar surface area (TPSA) is 20.2 Å². The van der Waals surface area contributed by atoms with Gasteiger partial charge in [-0.05, 0) is 41.5 Å². The number of hydrogen-bond donors (Lipinski definition) is 1. The molecule has 0 amide bonds. The Morgan fingerprint density at radius 3 is 2.31 bits per heavy atom. The Hall–Kier alpha value is -1.61. The van der Waals surface area contributed by atoms with E-state index in [2.05, 4.69) is 0 Å². The van der Waals surface area contributed by atoms with Crippen molar-refractivity contribution in [3.05, 3.63) is 53.1 Å². The van der Waals surface area contributed by atoms with Crippen molar-refractivity contribution >= 4 is 11.6 Å². The molecule has 0 aliphatic carbocycles. The molecule has 0 heterocycles. The molecule has 2 aromatic carbocycles. The number of phenolic OH excluding ortho intramolecular Hbond substituents is 1. The predicted molar refractivity (Wildman–Crippen MR) is 58.5 cm³/mol. The summed E-state index contributed by atoms with van der Waals surface area (Å²) in [5.74, 6) is -1.67. The van der Waals surface area contributed by atoms with Gasteiger partial charge >= 0.3 is 0 Å². The van der Waals surface area contributed by atoms with Gasteiger partial charge in [0.15, 0.2) is 11.6 Å². The molecule has 0 spiro atoms. The fourth-order valence-corrected chi connectivity index (χ4v) is 1.63. The monoisotopic (exact) mass is 240 g/mol. The second kappa shape index (κ2) is 4.10. The van der Waals surface area contributed by atoms with E-state index in [1.807, 2.05) is 0 Å². The number of rotatable bonds is 1. The normalized spacial score (nSPS) is 10.4. The third-order valence-corrected chi connectivity index (χ3v) is 2.36. The first kappa shape index (κ1) is 10.9. The predicted octanol–water partition coefficient (Wildman–Crippen LogP) is 3.99. The molecular weight excluding hydrogens is 234 g/mol. The molecule has 2 aromatic rings. The summed E-state index contributed by atoms with van der Waals surface area (Å²) in [4.78, 5) is 0. The van der Waals surface area contributed by atoms with Crippen LogP contribution in [0.4, 0.5) is 8.78 Å². The molecule has 0 radical (unpaired) electrons. The van der Waals surface area contributed by atoms with Gasteiger partial charge in [-0.3, -0.25) is 0 Å². The van der Waals surface area contributed by atoms with Crippen molar-refractivity contribution in [3.8, 4) is 16.9 Å². The number of phenols is 1. The Morgan fingerprint density at radius 1 is 0.938 bits per heavy atom. The van der Waals surface area contributed by atoms with E-state index >= 15 is 0 Å². The van der Waals surface area contributed by atoms with Crippen molar-refractivity contribution in [1.29, 1.82) is 0 Å². The molecule has 2 rings (SSSR count). The van der Waals surface area contributed by atoms with Gasteiger partial charge < -0.3 is 5.11 Å². The van der Waals surface area contributed by atoms with Crippen molar-refractivity contribution in [1.82, 2.24) is 0 Å². The molecule has 82 valence electrons. The maximum absolute atomic E-state index is 13.1. The van der Waals surface area contributed by atoms with Crippen LogP contribution in [0.3, 0.4) is 0 Å². The summed E-state index contributed by atoms with van der Waals surface area (Å²) in [5, 5.41) is 9.45. The van der Waals surface area contributed by atoms with Crippen LogP contribution in [-0.4, -0.2) is 5.11 Å². The van der Waals surface area contributed by atoms with Crippen molar-refractivity contribution in [2.75, 3.05) is 0 Å². The quantitative estimate of drug-likeness (QED) is 0.799. The Bertz CT molecular complexity index is 520. The van der Waals surface area contributed by atoms with Gasteiger partial charge in [0.05, 0.1) is 0 Å². The fourth-order valence-electron chi connectivity index (χ4n) is 1.41. The van der Waals surface area contributed by atoms with Crippen molar-refractivity contribution in [2.24, 2.45) is 0 Å². The largest absolute Gasteiger partial charge is 0.505 e. The molecular formula is C12H7ClF2O. The van der Waals surface area contributed by atoms with Gasteiger partial charge in [0.1, 0.15) is 5.82 Å². The smallest absolute Gasteiger partial charge is 0.164 e. The van der Waals surface area contributed by atoms with Crippen LogP contribution in [0.25, 0.3) is 11.1 Å². The zero-order chi connectivity index (χ0) is 11.7. The lowest BCUT2D eigenvalue weighted by atomic mass is 10.1. The minimum atomic E-state index is -0.716. The van der Waals surface area contributed by atoms with Gasteiger partial charge in [-0.2, -0.15) is 0 Å². The summed E-state index contributed by atoms with van der Waals surface area (Å²) in [6, 6.07) is 7.76. The summed E-state index contributed by atoms with van der Waals surface area (Å²) < 4.78 is 25.9. The van der Waals surface area contributed by atoms with Gasteiger partial charge in [0.2, 0.25) is 0 Å². The van der Waals surface area contributed by atoms with E-state index in [-0.39, 0.29) is 5.02 Å². The van der Waals surface area contributed by atoms with E-state index in [4.69, 9.17) is 11.6 Å². The third-order valence-electron chi connectivity index (χ3n) is 2.14. The highest BCUT2D eigenvalue weighted by Crippen LogP contribution is 2.28. The average Bonchev–Trinajstić information content (AvgIpc) is 2.20. The molecule has 1 N–H and O–H groups in total. The minimum Gasteiger partial charge on any atom is -0.505 e. The maximum atomic E-state index is 13.1. The third kappa shape index (κ3) is 2.14. The van der Waals surface area contributed by atoms with E-state index in [0.29, 0.717) is 11.1 Å². The summed E-state index contributed by atoms with van der Waals surface area (Å²) in [6.07, 6.45) is 0. The van der Waals surface area contributed by atoms with Gasteiger partial charge in [-0.15, -0.1) is 0 Å². The maximum Gasteiger partial charge on any atom is 0.164 e. The van der Waals surface area contributed by atoms with Gasteiger partial charge in [-0.25, -0.2) is 8.78 Å². The molecule has 0 saturated heterocycles. The van der Waals surface area contributed by atoms with Crippen LogP contribution in [0.1, 0.15) is 0 Å². The molecule has 4 heteroatoms. The van der Waals surface area contributed by atoms with Gasteiger partial charge in [-0.1, -0.05) is 17.7 Å². The number of halogens is 3. The Balaban J connectivity index is 2.54. The van der Waals surface area contributed by atoms with Crippen molar-refractivity contribution < 1.29 is 13.9 Å². The molecule has 0 aliphatic heterocycles. The van der Waals surface area contributed by atoms with E-state index in [9.17, 15) is 13.9 Å². The number of benzene rings is 2. The van der Waals surface area contributed by atoms with Gasteiger partial charge in [0, 0.05) is 5.02 Å². The molecule has 1 nitrogen and oxygen atoms in total. The molecule has 0 aromatic heterocycles. The van der Waals surface area contributed by atoms with Crippen LogP contribution in [0.2, 0.25) is 5.02 Å². The zero-order valence-corrected chi connectivity index (χ0v) is 8.80. The van der Waals surface area contributed by atoms with Crippen LogP contribution in [0, 0.1) is 11.6 Å². The standard InChI is InChI=1S/C12H7ClF2O/c13-9-3-8(4-10(14)6-9)7-1-2-11(15)12(16)5-7/h1-6,16H. The van der Waals surface area contributed by atoms with E-state index in [1.165, 1.54) is 30.3 Å². The Morgan fingerprint density at radius 2 is 1.69 bits per heavy atom. The second-order valence-electron chi connectivity index (χ2n) is 3.32. The van der Waals surface area contributed by atoms with Crippen LogP contribution in [0.15, 0.2) is 36.4 Å². The molecule has 0 unspecified atom stereocenters. The van der Waals surface area contributed by atoms with Crippen LogP contribution in [0.5, 0.6) is 5.75 Å². The lowest BCUT2D eigenvalue weighted by Gasteiger charge is -2.04. The first-order valence-corrected chi connectivity index (χ1v) is 4.89. The molecule has 16 heavy (non-hydrogen) atoms. The number of aromatic hydroxyl groups is 1. The van der Waals surface area contributed by atoms with Crippen LogP contribution in [-0.2, 0) is 0 Å². The van der Waals surface area contributed by atoms with Crippen molar-refractivity contribution in [2.45, 2.75) is 0 Å². The summed E-state index contributed by atoms with van der Waals surface area (Å²) in [6.45, 7) is 0. The van der Waals surface area contributed by atoms with Crippen LogP contribution >= 0.6 is 11.6 Å². The van der Waals surface area contributed by atoms with Crippen molar-refractivity contribution in [3.63, 3.8) is 0 Å². The fraction of sp³-hybridized carbons (Fsp3) is 0. The molecule has 0 saturated carbocycles. The molecule has 0 fully saturated rings. The second-order valence-corrected chi connectivity index (χ2v) is 3.76. The first-order chi connectivity index (χ1) is 7.56. The highest BCUT2D eigenvalue weighted by atomic mass is 35.5. The summed E-state index contributed by atoms with van der Waals surface area (Å²) >= 11 is 5.69. The highest BCUT2D eigenvalue weighted by Gasteiger charge is 2.05. The number of hydrogen-bond acceptors (Lipinski definition) is 1. The van der Waals surface area contributed by atoms with E-state index in [0.717, 1.165) is 6.07 Å². The molecule has 0 aliphatic rings. The summed E-state index contributed by atoms with van der Waals surface area (Å²) in [7, 11) is 0. The first-order valence-electron chi connectivity index (χ1n) is 4.51. The average molecular weight is 241 g/mol. The summed E-state index contributed by atoms with van der Waals surface area (Å²) in [5.41, 5.74) is 0.987. The Kier molecular flexibility index (Phi) is 2.79. The van der Waals surface area contributed by atoms with E-state index < -0.39 is 17.4 Å². The molecule has 0 atom stereocenters. The minimum absolute atomic E-state index is 0.249. The SMILES string of the molecule is Oc1cc(-c2cc(F)cc(Cl)c2)ccc1F. The molecule has 0 bridgehead atoms. The zero-order valence-electron chi connectivity index (χ0n) is 8.05.